The van der Waals surface area contributed by atoms with Gasteiger partial charge in [-0.1, -0.05) is 12.5 Å². The number of ether oxygens (including phenoxy) is 1. The van der Waals surface area contributed by atoms with Crippen molar-refractivity contribution in [3.63, 3.8) is 0 Å². The van der Waals surface area contributed by atoms with Crippen LogP contribution in [0, 0.1) is 23.7 Å². The molecule has 3 unspecified atom stereocenters. The van der Waals surface area contributed by atoms with Gasteiger partial charge in [-0.05, 0) is 62.0 Å². The van der Waals surface area contributed by atoms with E-state index in [-0.39, 0.29) is 11.8 Å². The van der Waals surface area contributed by atoms with Gasteiger partial charge in [0.05, 0.1) is 7.11 Å². The number of carbonyl (C=O) groups is 1. The minimum atomic E-state index is 0.177. The number of benzene rings is 1. The van der Waals surface area contributed by atoms with Gasteiger partial charge >= 0.3 is 0 Å². The van der Waals surface area contributed by atoms with Crippen LogP contribution in [0.15, 0.2) is 24.3 Å². The molecule has 0 aromatic heterocycles. The zero-order valence-corrected chi connectivity index (χ0v) is 16.4. The summed E-state index contributed by atoms with van der Waals surface area (Å²) in [6, 6.07) is 8.56. The van der Waals surface area contributed by atoms with Gasteiger partial charge in [-0.3, -0.25) is 4.79 Å². The molecule has 2 aliphatic carbocycles. The first-order valence-corrected chi connectivity index (χ1v) is 10.6. The molecule has 27 heavy (non-hydrogen) atoms. The number of carbonyl (C=O) groups excluding carboxylic acids is 1. The first kappa shape index (κ1) is 18.6. The first-order valence-electron chi connectivity index (χ1n) is 10.6. The van der Waals surface area contributed by atoms with Crippen molar-refractivity contribution in [1.29, 1.82) is 0 Å². The molecule has 1 aromatic rings. The molecule has 0 spiro atoms. The SMILES string of the molecule is COc1cccc(N2CCC(CNC(=O)C3CC4CCCC(C3)C4N)C2)c1. The van der Waals surface area contributed by atoms with Gasteiger partial charge in [0.25, 0.3) is 0 Å². The molecule has 3 aliphatic rings. The average Bonchev–Trinajstić information content (AvgIpc) is 3.15. The van der Waals surface area contributed by atoms with E-state index in [1.807, 2.05) is 12.1 Å². The Kier molecular flexibility index (Phi) is 5.58. The fourth-order valence-electron chi connectivity index (χ4n) is 5.43. The summed E-state index contributed by atoms with van der Waals surface area (Å²) in [4.78, 5) is 15.1. The fourth-order valence-corrected chi connectivity index (χ4v) is 5.43. The molecule has 0 radical (unpaired) electrons. The Morgan fingerprint density at radius 3 is 2.78 bits per heavy atom. The number of nitrogens with two attached hydrogens (primary N) is 1. The van der Waals surface area contributed by atoms with Crippen LogP contribution in [0.5, 0.6) is 5.75 Å². The van der Waals surface area contributed by atoms with Crippen LogP contribution in [-0.4, -0.2) is 38.7 Å². The number of nitrogens with zero attached hydrogens (tertiary/aromatic N) is 1. The summed E-state index contributed by atoms with van der Waals surface area (Å²) >= 11 is 0. The van der Waals surface area contributed by atoms with E-state index in [0.29, 0.717) is 23.8 Å². The lowest BCUT2D eigenvalue weighted by Gasteiger charge is -2.43. The number of methoxy groups -OCH3 is 1. The highest BCUT2D eigenvalue weighted by Crippen LogP contribution is 2.41. The molecule has 5 nitrogen and oxygen atoms in total. The van der Waals surface area contributed by atoms with Crippen molar-refractivity contribution in [2.75, 3.05) is 31.6 Å². The summed E-state index contributed by atoms with van der Waals surface area (Å²) in [6.07, 6.45) is 6.81. The summed E-state index contributed by atoms with van der Waals surface area (Å²) in [5, 5.41) is 3.26. The normalized spacial score (nSPS) is 33.0. The molecule has 1 aliphatic heterocycles. The highest BCUT2D eigenvalue weighted by molar-refractivity contribution is 5.78. The second-order valence-electron chi connectivity index (χ2n) is 8.74. The predicted octanol–water partition coefficient (Wildman–Crippen LogP) is 2.79. The van der Waals surface area contributed by atoms with E-state index < -0.39 is 0 Å². The summed E-state index contributed by atoms with van der Waals surface area (Å²) in [5.41, 5.74) is 7.57. The average molecular weight is 372 g/mol. The van der Waals surface area contributed by atoms with Gasteiger partial charge in [-0.15, -0.1) is 0 Å². The van der Waals surface area contributed by atoms with Gasteiger partial charge in [0.2, 0.25) is 5.91 Å². The smallest absolute Gasteiger partial charge is 0.223 e. The monoisotopic (exact) mass is 371 g/mol. The second-order valence-corrected chi connectivity index (χ2v) is 8.74. The summed E-state index contributed by atoms with van der Waals surface area (Å²) in [6.45, 7) is 2.82. The van der Waals surface area contributed by atoms with Crippen molar-refractivity contribution in [1.82, 2.24) is 5.32 Å². The maximum Gasteiger partial charge on any atom is 0.223 e. The van der Waals surface area contributed by atoms with E-state index in [2.05, 4.69) is 22.3 Å². The van der Waals surface area contributed by atoms with Crippen LogP contribution in [0.1, 0.15) is 38.5 Å². The molecular formula is C22H33N3O2. The molecule has 5 heteroatoms. The van der Waals surface area contributed by atoms with E-state index in [9.17, 15) is 4.79 Å². The molecule has 4 rings (SSSR count). The van der Waals surface area contributed by atoms with Gasteiger partial charge in [0.15, 0.2) is 0 Å². The van der Waals surface area contributed by atoms with E-state index >= 15 is 0 Å². The lowest BCUT2D eigenvalue weighted by atomic mass is 9.65. The zero-order chi connectivity index (χ0) is 18.8. The van der Waals surface area contributed by atoms with E-state index in [0.717, 1.165) is 44.6 Å². The minimum Gasteiger partial charge on any atom is -0.497 e. The standard InChI is InChI=1S/C22H33N3O2/c1-27-20-7-3-6-19(12-20)25-9-8-15(14-25)13-24-22(26)18-10-16-4-2-5-17(11-18)21(16)23/h3,6-7,12,15-18,21H,2,4-5,8-11,13-14,23H2,1H3,(H,24,26). The Morgan fingerprint density at radius 2 is 2.04 bits per heavy atom. The van der Waals surface area contributed by atoms with Crippen molar-refractivity contribution in [2.24, 2.45) is 29.4 Å². The van der Waals surface area contributed by atoms with Gasteiger partial charge in [-0.2, -0.15) is 0 Å². The van der Waals surface area contributed by atoms with Crippen LogP contribution in [0.25, 0.3) is 0 Å². The number of fused-ring (bicyclic) bond motifs is 2. The van der Waals surface area contributed by atoms with Crippen LogP contribution in [0.4, 0.5) is 5.69 Å². The van der Waals surface area contributed by atoms with Crippen molar-refractivity contribution in [3.8, 4) is 5.75 Å². The van der Waals surface area contributed by atoms with Crippen molar-refractivity contribution < 1.29 is 9.53 Å². The van der Waals surface area contributed by atoms with E-state index in [4.69, 9.17) is 10.5 Å². The van der Waals surface area contributed by atoms with Gasteiger partial charge < -0.3 is 20.7 Å². The molecule has 3 N–H and O–H groups in total. The lowest BCUT2D eigenvalue weighted by Crippen LogP contribution is -2.49. The predicted molar refractivity (Wildman–Crippen MR) is 108 cm³/mol. The molecule has 1 aromatic carbocycles. The molecule has 1 heterocycles. The zero-order valence-electron chi connectivity index (χ0n) is 16.4. The Bertz CT molecular complexity index is 651. The van der Waals surface area contributed by atoms with Crippen LogP contribution < -0.4 is 20.7 Å². The molecule has 3 fully saturated rings. The van der Waals surface area contributed by atoms with Crippen LogP contribution in [-0.2, 0) is 4.79 Å². The van der Waals surface area contributed by atoms with Gasteiger partial charge in [-0.25, -0.2) is 0 Å². The summed E-state index contributed by atoms with van der Waals surface area (Å²) in [5.74, 6) is 2.97. The van der Waals surface area contributed by atoms with Crippen LogP contribution >= 0.6 is 0 Å². The Morgan fingerprint density at radius 1 is 1.26 bits per heavy atom. The maximum absolute atomic E-state index is 12.7. The number of anilines is 1. The lowest BCUT2D eigenvalue weighted by molar-refractivity contribution is -0.128. The van der Waals surface area contributed by atoms with E-state index in [1.54, 1.807) is 7.11 Å². The second kappa shape index (κ2) is 8.09. The topological polar surface area (TPSA) is 67.6 Å². The third-order valence-electron chi connectivity index (χ3n) is 7.05. The number of nitrogens with one attached hydrogen (secondary N) is 1. The fraction of sp³-hybridized carbons (Fsp3) is 0.682. The largest absolute Gasteiger partial charge is 0.497 e. The third kappa shape index (κ3) is 4.08. The van der Waals surface area contributed by atoms with Gasteiger partial charge in [0, 0.05) is 43.3 Å². The van der Waals surface area contributed by atoms with Crippen LogP contribution in [0.2, 0.25) is 0 Å². The molecule has 1 amide bonds. The Hall–Kier alpha value is -1.75. The molecule has 2 bridgehead atoms. The maximum atomic E-state index is 12.7. The van der Waals surface area contributed by atoms with Crippen LogP contribution in [0.3, 0.4) is 0 Å². The number of hydrogen-bond donors (Lipinski definition) is 2. The van der Waals surface area contributed by atoms with Crippen molar-refractivity contribution in [2.45, 2.75) is 44.6 Å². The third-order valence-corrected chi connectivity index (χ3v) is 7.05. The first-order chi connectivity index (χ1) is 13.1. The highest BCUT2D eigenvalue weighted by Gasteiger charge is 2.40. The molecule has 1 saturated heterocycles. The molecule has 3 atom stereocenters. The highest BCUT2D eigenvalue weighted by atomic mass is 16.5. The quantitative estimate of drug-likeness (QED) is 0.835. The Labute approximate surface area is 162 Å². The van der Waals surface area contributed by atoms with E-state index in [1.165, 1.54) is 24.9 Å². The van der Waals surface area contributed by atoms with Crippen molar-refractivity contribution >= 4 is 11.6 Å². The number of rotatable bonds is 5. The minimum absolute atomic E-state index is 0.177. The van der Waals surface area contributed by atoms with Crippen molar-refractivity contribution in [3.05, 3.63) is 24.3 Å². The number of hydrogen-bond acceptors (Lipinski definition) is 4. The molecular weight excluding hydrogens is 338 g/mol. The summed E-state index contributed by atoms with van der Waals surface area (Å²) < 4.78 is 5.33. The van der Waals surface area contributed by atoms with Gasteiger partial charge in [0.1, 0.15) is 5.75 Å². The Balaban J connectivity index is 1.26. The molecule has 2 saturated carbocycles. The summed E-state index contributed by atoms with van der Waals surface area (Å²) in [7, 11) is 1.70. The molecule has 148 valence electrons. The number of amides is 1.